The van der Waals surface area contributed by atoms with E-state index in [0.29, 0.717) is 30.0 Å². The summed E-state index contributed by atoms with van der Waals surface area (Å²) >= 11 is 12.2. The van der Waals surface area contributed by atoms with Gasteiger partial charge < -0.3 is 4.74 Å². The van der Waals surface area contributed by atoms with Gasteiger partial charge in [-0.15, -0.1) is 0 Å². The molecule has 2 rings (SSSR count). The van der Waals surface area contributed by atoms with Crippen molar-refractivity contribution in [3.05, 3.63) is 46.2 Å². The summed E-state index contributed by atoms with van der Waals surface area (Å²) in [4.78, 5) is 8.34. The third-order valence-electron chi connectivity index (χ3n) is 2.76. The molecule has 0 saturated carbocycles. The molecule has 0 amide bonds. The predicted molar refractivity (Wildman–Crippen MR) is 77.6 cm³/mol. The Kier molecular flexibility index (Phi) is 5.29. The first-order chi connectivity index (χ1) is 9.63. The van der Waals surface area contributed by atoms with Crippen molar-refractivity contribution in [1.29, 1.82) is 0 Å². The number of aromatic nitrogens is 2. The van der Waals surface area contributed by atoms with Crippen LogP contribution in [0.1, 0.15) is 12.2 Å². The number of hydrogen-bond acceptors (Lipinski definition) is 3. The Morgan fingerprint density at radius 3 is 2.40 bits per heavy atom. The molecule has 6 heteroatoms. The smallest absolute Gasteiger partial charge is 0.142 e. The highest BCUT2D eigenvalue weighted by atomic mass is 35.5. The van der Waals surface area contributed by atoms with Crippen molar-refractivity contribution in [3.63, 3.8) is 0 Å². The summed E-state index contributed by atoms with van der Waals surface area (Å²) in [6.45, 7) is 0.605. The van der Waals surface area contributed by atoms with Crippen molar-refractivity contribution in [2.45, 2.75) is 12.8 Å². The summed E-state index contributed by atoms with van der Waals surface area (Å²) in [6.07, 6.45) is 1.37. The Morgan fingerprint density at radius 1 is 1.15 bits per heavy atom. The lowest BCUT2D eigenvalue weighted by atomic mass is 10.1. The Morgan fingerprint density at radius 2 is 1.80 bits per heavy atom. The highest BCUT2D eigenvalue weighted by Crippen LogP contribution is 2.33. The number of aryl methyl sites for hydroxylation is 1. The Hall–Kier alpha value is -1.23. The summed E-state index contributed by atoms with van der Waals surface area (Å²) in [7, 11) is 1.63. The van der Waals surface area contributed by atoms with Crippen molar-refractivity contribution in [3.8, 4) is 11.1 Å². The van der Waals surface area contributed by atoms with Gasteiger partial charge in [-0.1, -0.05) is 41.4 Å². The van der Waals surface area contributed by atoms with Gasteiger partial charge in [-0.2, -0.15) is 0 Å². The molecule has 0 radical (unpaired) electrons. The fraction of sp³-hybridized carbons (Fsp3) is 0.286. The zero-order valence-corrected chi connectivity index (χ0v) is 12.4. The van der Waals surface area contributed by atoms with Gasteiger partial charge in [-0.05, 0) is 12.5 Å². The normalized spacial score (nSPS) is 10.8. The maximum absolute atomic E-state index is 13.8. The van der Waals surface area contributed by atoms with E-state index in [9.17, 15) is 4.39 Å². The lowest BCUT2D eigenvalue weighted by molar-refractivity contribution is 0.194. The van der Waals surface area contributed by atoms with Crippen LogP contribution in [-0.2, 0) is 11.2 Å². The molecule has 0 aliphatic heterocycles. The van der Waals surface area contributed by atoms with E-state index < -0.39 is 5.82 Å². The summed E-state index contributed by atoms with van der Waals surface area (Å²) in [5, 5.41) is 0.310. The van der Waals surface area contributed by atoms with Crippen molar-refractivity contribution in [2.75, 3.05) is 13.7 Å². The van der Waals surface area contributed by atoms with Gasteiger partial charge in [0.1, 0.15) is 21.9 Å². The van der Waals surface area contributed by atoms with Crippen LogP contribution in [0.3, 0.4) is 0 Å². The Balaban J connectivity index is 2.34. The molecule has 1 heterocycles. The molecule has 1 aromatic carbocycles. The highest BCUT2D eigenvalue weighted by Gasteiger charge is 2.16. The van der Waals surface area contributed by atoms with Crippen LogP contribution in [-0.4, -0.2) is 23.7 Å². The summed E-state index contributed by atoms with van der Waals surface area (Å²) in [5.41, 5.74) is 0.618. The van der Waals surface area contributed by atoms with E-state index in [4.69, 9.17) is 27.9 Å². The standard InChI is InChI=1S/C14H13Cl2FN2O/c1-20-8-4-7-11-18-13(15)12(14(16)19-11)9-5-2-3-6-10(9)17/h2-3,5-6H,4,7-8H2,1H3. The number of methoxy groups -OCH3 is 1. The molecule has 0 unspecified atom stereocenters. The number of ether oxygens (including phenoxy) is 1. The minimum atomic E-state index is -0.410. The largest absolute Gasteiger partial charge is 0.385 e. The molecule has 0 atom stereocenters. The number of nitrogens with zero attached hydrogens (tertiary/aromatic N) is 2. The lowest BCUT2D eigenvalue weighted by Gasteiger charge is -2.09. The van der Waals surface area contributed by atoms with Gasteiger partial charge in [0.2, 0.25) is 0 Å². The molecule has 20 heavy (non-hydrogen) atoms. The molecule has 0 N–H and O–H groups in total. The van der Waals surface area contributed by atoms with Crippen LogP contribution in [0.15, 0.2) is 24.3 Å². The molecule has 0 saturated heterocycles. The number of halogens is 3. The van der Waals surface area contributed by atoms with E-state index in [1.807, 2.05) is 0 Å². The molecule has 0 aliphatic rings. The average Bonchev–Trinajstić information content (AvgIpc) is 2.40. The quantitative estimate of drug-likeness (QED) is 0.613. The molecular formula is C14H13Cl2FN2O. The summed E-state index contributed by atoms with van der Waals surface area (Å²) < 4.78 is 18.8. The van der Waals surface area contributed by atoms with Crippen LogP contribution in [0.5, 0.6) is 0 Å². The second-order valence-electron chi connectivity index (χ2n) is 4.17. The van der Waals surface area contributed by atoms with Crippen LogP contribution in [0.25, 0.3) is 11.1 Å². The van der Waals surface area contributed by atoms with E-state index in [-0.39, 0.29) is 10.3 Å². The SMILES string of the molecule is COCCCc1nc(Cl)c(-c2ccccc2F)c(Cl)n1. The first-order valence-corrected chi connectivity index (χ1v) is 6.85. The maximum Gasteiger partial charge on any atom is 0.142 e. The monoisotopic (exact) mass is 314 g/mol. The fourth-order valence-electron chi connectivity index (χ4n) is 1.82. The van der Waals surface area contributed by atoms with Gasteiger partial charge >= 0.3 is 0 Å². The summed E-state index contributed by atoms with van der Waals surface area (Å²) in [5.74, 6) is 0.115. The number of hydrogen-bond donors (Lipinski definition) is 0. The molecule has 1 aromatic heterocycles. The molecule has 106 valence electrons. The van der Waals surface area contributed by atoms with Crippen LogP contribution >= 0.6 is 23.2 Å². The minimum absolute atomic E-state index is 0.155. The van der Waals surface area contributed by atoms with Gasteiger partial charge in [-0.3, -0.25) is 0 Å². The minimum Gasteiger partial charge on any atom is -0.385 e. The molecule has 0 aliphatic carbocycles. The van der Waals surface area contributed by atoms with Gasteiger partial charge in [0.25, 0.3) is 0 Å². The fourth-order valence-corrected chi connectivity index (χ4v) is 2.45. The van der Waals surface area contributed by atoms with Gasteiger partial charge in [0, 0.05) is 25.7 Å². The van der Waals surface area contributed by atoms with Crippen LogP contribution in [0, 0.1) is 5.82 Å². The van der Waals surface area contributed by atoms with Crippen molar-refractivity contribution in [2.24, 2.45) is 0 Å². The molecule has 2 aromatic rings. The number of rotatable bonds is 5. The lowest BCUT2D eigenvalue weighted by Crippen LogP contribution is -2.01. The Labute approximate surface area is 126 Å². The van der Waals surface area contributed by atoms with E-state index in [2.05, 4.69) is 9.97 Å². The van der Waals surface area contributed by atoms with Crippen LogP contribution in [0.4, 0.5) is 4.39 Å². The highest BCUT2D eigenvalue weighted by molar-refractivity contribution is 6.37. The van der Waals surface area contributed by atoms with Crippen molar-refractivity contribution >= 4 is 23.2 Å². The second kappa shape index (κ2) is 6.97. The van der Waals surface area contributed by atoms with Crippen molar-refractivity contribution < 1.29 is 9.13 Å². The average molecular weight is 315 g/mol. The van der Waals surface area contributed by atoms with Crippen molar-refractivity contribution in [1.82, 2.24) is 9.97 Å². The first kappa shape index (κ1) is 15.2. The van der Waals surface area contributed by atoms with Crippen LogP contribution < -0.4 is 0 Å². The molecule has 0 spiro atoms. The summed E-state index contributed by atoms with van der Waals surface area (Å²) in [6, 6.07) is 6.24. The third kappa shape index (κ3) is 3.45. The van der Waals surface area contributed by atoms with E-state index >= 15 is 0 Å². The predicted octanol–water partition coefficient (Wildman–Crippen LogP) is 4.17. The number of benzene rings is 1. The van der Waals surface area contributed by atoms with E-state index in [1.165, 1.54) is 6.07 Å². The second-order valence-corrected chi connectivity index (χ2v) is 4.89. The van der Waals surface area contributed by atoms with Gasteiger partial charge in [-0.25, -0.2) is 14.4 Å². The molecule has 0 fully saturated rings. The molecule has 3 nitrogen and oxygen atoms in total. The van der Waals surface area contributed by atoms with E-state index in [0.717, 1.165) is 6.42 Å². The van der Waals surface area contributed by atoms with Gasteiger partial charge in [0.15, 0.2) is 0 Å². The Bertz CT molecular complexity index is 584. The molecular weight excluding hydrogens is 302 g/mol. The van der Waals surface area contributed by atoms with Crippen LogP contribution in [0.2, 0.25) is 10.3 Å². The van der Waals surface area contributed by atoms with Gasteiger partial charge in [0.05, 0.1) is 5.56 Å². The van der Waals surface area contributed by atoms with E-state index in [1.54, 1.807) is 25.3 Å². The zero-order valence-electron chi connectivity index (χ0n) is 10.9. The third-order valence-corrected chi connectivity index (χ3v) is 3.31. The topological polar surface area (TPSA) is 35.0 Å². The zero-order chi connectivity index (χ0) is 14.5. The first-order valence-electron chi connectivity index (χ1n) is 6.09. The maximum atomic E-state index is 13.8. The molecule has 0 bridgehead atoms.